The lowest BCUT2D eigenvalue weighted by Gasteiger charge is -2.62. The number of hydrazine groups is 1. The summed E-state index contributed by atoms with van der Waals surface area (Å²) in [5, 5.41) is 22.9. The van der Waals surface area contributed by atoms with Crippen LogP contribution in [0.15, 0.2) is 24.3 Å². The van der Waals surface area contributed by atoms with Crippen molar-refractivity contribution in [2.75, 3.05) is 0 Å². The van der Waals surface area contributed by atoms with Crippen LogP contribution < -0.4 is 5.43 Å². The number of halogens is 1. The Kier molecular flexibility index (Phi) is 7.77. The second kappa shape index (κ2) is 10.8. The van der Waals surface area contributed by atoms with Crippen molar-refractivity contribution in [1.82, 2.24) is 10.4 Å². The van der Waals surface area contributed by atoms with E-state index in [9.17, 15) is 19.8 Å². The van der Waals surface area contributed by atoms with Crippen LogP contribution in [0.2, 0.25) is 0 Å². The molecule has 3 N–H and O–H groups in total. The zero-order chi connectivity index (χ0) is 29.3. The third-order valence-electron chi connectivity index (χ3n) is 13.0. The van der Waals surface area contributed by atoms with E-state index in [1.54, 1.807) is 0 Å². The SMILES string of the molecule is Cc1ccc([C@@H]2[C@@H](Cl)C(=O)N2NC(=O)CC[C@@H](C)[C@H]2CC[C@H]3[C@@H]4CC[C@@H]5C[C@H](O)CC[C@]5(C)[C@H]4C[C@H](O)[C@]23C)cc1. The third-order valence-corrected chi connectivity index (χ3v) is 13.4. The van der Waals surface area contributed by atoms with Gasteiger partial charge in [-0.1, -0.05) is 50.6 Å². The summed E-state index contributed by atoms with van der Waals surface area (Å²) in [6.45, 7) is 9.07. The van der Waals surface area contributed by atoms with Crippen molar-refractivity contribution >= 4 is 23.4 Å². The average Bonchev–Trinajstić information content (AvgIpc) is 3.32. The van der Waals surface area contributed by atoms with Crippen LogP contribution in [0.5, 0.6) is 0 Å². The van der Waals surface area contributed by atoms with Gasteiger partial charge in [-0.2, -0.15) is 0 Å². The Morgan fingerprint density at radius 1 is 1.07 bits per heavy atom. The van der Waals surface area contributed by atoms with Gasteiger partial charge in [-0.3, -0.25) is 15.0 Å². The molecule has 41 heavy (non-hydrogen) atoms. The zero-order valence-corrected chi connectivity index (χ0v) is 25.9. The summed E-state index contributed by atoms with van der Waals surface area (Å²) in [6.07, 6.45) is 9.10. The number of carbonyl (C=O) groups is 2. The molecule has 7 heteroatoms. The summed E-state index contributed by atoms with van der Waals surface area (Å²) in [6, 6.07) is 7.56. The molecule has 1 heterocycles. The van der Waals surface area contributed by atoms with Crippen molar-refractivity contribution in [2.45, 2.75) is 116 Å². The van der Waals surface area contributed by atoms with Crippen molar-refractivity contribution in [1.29, 1.82) is 0 Å². The van der Waals surface area contributed by atoms with E-state index in [4.69, 9.17) is 11.6 Å². The standard InChI is InChI=1S/C34H49ClN2O4/c1-19-5-8-21(9-6-19)31-30(35)32(41)37(31)36-29(40)14-7-20(2)25-12-13-26-24-11-10-22-17-23(38)15-16-33(22,3)27(24)18-28(39)34(25,26)4/h5-6,8-9,20,22-28,30-31,38-39H,7,10-18H2,1-4H3,(H,36,40)/t20-,22-,23-,24+,25-,26+,27+,28+,30-,31-,33+,34-/m1/s1. The van der Waals surface area contributed by atoms with Crippen molar-refractivity contribution in [3.63, 3.8) is 0 Å². The second-order valence-corrected chi connectivity index (χ2v) is 15.4. The lowest BCUT2D eigenvalue weighted by molar-refractivity contribution is -0.175. The molecule has 4 saturated carbocycles. The van der Waals surface area contributed by atoms with Crippen LogP contribution in [0.3, 0.4) is 0 Å². The van der Waals surface area contributed by atoms with Gasteiger partial charge in [0.05, 0.1) is 12.2 Å². The number of aliphatic hydroxyl groups is 2. The fourth-order valence-corrected chi connectivity index (χ4v) is 10.9. The molecule has 5 aliphatic rings. The Bertz CT molecular complexity index is 1160. The molecule has 5 fully saturated rings. The Hall–Kier alpha value is -1.63. The number of hydrogen-bond donors (Lipinski definition) is 3. The molecule has 0 bridgehead atoms. The minimum absolute atomic E-state index is 0.121. The molecule has 226 valence electrons. The van der Waals surface area contributed by atoms with Crippen LogP contribution in [0.4, 0.5) is 0 Å². The fourth-order valence-electron chi connectivity index (χ4n) is 10.6. The molecule has 1 saturated heterocycles. The molecule has 0 radical (unpaired) electrons. The van der Waals surface area contributed by atoms with Gasteiger partial charge in [-0.25, -0.2) is 5.01 Å². The summed E-state index contributed by atoms with van der Waals surface area (Å²) in [7, 11) is 0. The summed E-state index contributed by atoms with van der Waals surface area (Å²) < 4.78 is 0. The van der Waals surface area contributed by atoms with Gasteiger partial charge in [0.15, 0.2) is 0 Å². The first-order valence-corrected chi connectivity index (χ1v) is 16.6. The molecule has 0 aromatic heterocycles. The van der Waals surface area contributed by atoms with Crippen LogP contribution in [0.25, 0.3) is 0 Å². The Labute approximate surface area is 250 Å². The first kappa shape index (κ1) is 29.4. The maximum Gasteiger partial charge on any atom is 0.262 e. The Morgan fingerprint density at radius 2 is 1.80 bits per heavy atom. The molecule has 6 nitrogen and oxygen atoms in total. The molecule has 1 aromatic rings. The molecular formula is C34H49ClN2O4. The van der Waals surface area contributed by atoms with Crippen LogP contribution >= 0.6 is 11.6 Å². The molecule has 6 rings (SSSR count). The van der Waals surface area contributed by atoms with Gasteiger partial charge in [-0.05, 0) is 117 Å². The number of hydrogen-bond acceptors (Lipinski definition) is 4. The summed E-state index contributed by atoms with van der Waals surface area (Å²) in [4.78, 5) is 25.6. The van der Waals surface area contributed by atoms with Crippen LogP contribution in [-0.2, 0) is 9.59 Å². The van der Waals surface area contributed by atoms with E-state index < -0.39 is 5.38 Å². The number of β-lactam (4-membered cyclic amide) rings is 1. The molecule has 2 amide bonds. The predicted octanol–water partition coefficient (Wildman–Crippen LogP) is 5.92. The third kappa shape index (κ3) is 4.75. The molecule has 12 atom stereocenters. The van der Waals surface area contributed by atoms with Gasteiger partial charge in [0.1, 0.15) is 11.4 Å². The lowest BCUT2D eigenvalue weighted by Crippen LogP contribution is -2.63. The number of nitrogens with zero attached hydrogens (tertiary/aromatic N) is 1. The highest BCUT2D eigenvalue weighted by Crippen LogP contribution is 2.68. The Morgan fingerprint density at radius 3 is 2.54 bits per heavy atom. The van der Waals surface area contributed by atoms with Gasteiger partial charge in [-0.15, -0.1) is 11.6 Å². The monoisotopic (exact) mass is 584 g/mol. The Balaban J connectivity index is 1.08. The van der Waals surface area contributed by atoms with Gasteiger partial charge >= 0.3 is 0 Å². The maximum absolute atomic E-state index is 13.0. The predicted molar refractivity (Wildman–Crippen MR) is 160 cm³/mol. The van der Waals surface area contributed by atoms with E-state index in [0.717, 1.165) is 56.1 Å². The molecule has 0 unspecified atom stereocenters. The number of aryl methyl sites for hydroxylation is 1. The number of amides is 2. The van der Waals surface area contributed by atoms with E-state index in [-0.39, 0.29) is 40.9 Å². The number of benzene rings is 1. The largest absolute Gasteiger partial charge is 0.393 e. The normalized spacial score (nSPS) is 44.3. The number of rotatable bonds is 6. The number of fused-ring (bicyclic) bond motifs is 5. The van der Waals surface area contributed by atoms with E-state index in [1.807, 2.05) is 31.2 Å². The molecule has 0 spiro atoms. The van der Waals surface area contributed by atoms with Crippen molar-refractivity contribution in [2.24, 2.45) is 46.3 Å². The van der Waals surface area contributed by atoms with E-state index in [1.165, 1.54) is 17.9 Å². The highest BCUT2D eigenvalue weighted by molar-refractivity contribution is 6.33. The van der Waals surface area contributed by atoms with E-state index >= 15 is 0 Å². The first-order chi connectivity index (χ1) is 19.4. The molecular weight excluding hydrogens is 536 g/mol. The summed E-state index contributed by atoms with van der Waals surface area (Å²) in [5.74, 6) is 2.57. The topological polar surface area (TPSA) is 89.9 Å². The molecule has 1 aromatic carbocycles. The van der Waals surface area contributed by atoms with E-state index in [2.05, 4.69) is 26.2 Å². The smallest absolute Gasteiger partial charge is 0.262 e. The van der Waals surface area contributed by atoms with Crippen LogP contribution in [-0.4, -0.2) is 44.6 Å². The van der Waals surface area contributed by atoms with Crippen LogP contribution in [0, 0.1) is 53.3 Å². The van der Waals surface area contributed by atoms with Crippen molar-refractivity contribution in [3.05, 3.63) is 35.4 Å². The van der Waals surface area contributed by atoms with E-state index in [0.29, 0.717) is 41.9 Å². The summed E-state index contributed by atoms with van der Waals surface area (Å²) in [5.41, 5.74) is 5.01. The zero-order valence-electron chi connectivity index (χ0n) is 25.2. The van der Waals surface area contributed by atoms with Gasteiger partial charge < -0.3 is 10.2 Å². The van der Waals surface area contributed by atoms with Gasteiger partial charge in [0.2, 0.25) is 5.91 Å². The second-order valence-electron chi connectivity index (χ2n) is 14.9. The average molecular weight is 585 g/mol. The van der Waals surface area contributed by atoms with Gasteiger partial charge in [0.25, 0.3) is 5.91 Å². The minimum atomic E-state index is -0.667. The number of alkyl halides is 1. The van der Waals surface area contributed by atoms with Gasteiger partial charge in [0, 0.05) is 6.42 Å². The quantitative estimate of drug-likeness (QED) is 0.286. The van der Waals surface area contributed by atoms with Crippen molar-refractivity contribution in [3.8, 4) is 0 Å². The summed E-state index contributed by atoms with van der Waals surface area (Å²) >= 11 is 6.35. The van der Waals surface area contributed by atoms with Crippen molar-refractivity contribution < 1.29 is 19.8 Å². The fraction of sp³-hybridized carbons (Fsp3) is 0.765. The molecule has 4 aliphatic carbocycles. The minimum Gasteiger partial charge on any atom is -0.393 e. The lowest BCUT2D eigenvalue weighted by atomic mass is 9.43. The number of aliphatic hydroxyl groups excluding tert-OH is 2. The highest BCUT2D eigenvalue weighted by Gasteiger charge is 2.63. The number of nitrogens with one attached hydrogen (secondary N) is 1. The highest BCUT2D eigenvalue weighted by atomic mass is 35.5. The number of carbonyl (C=O) groups excluding carboxylic acids is 2. The maximum atomic E-state index is 13.0. The molecule has 1 aliphatic heterocycles. The van der Waals surface area contributed by atoms with Crippen LogP contribution in [0.1, 0.15) is 102 Å². The first-order valence-electron chi connectivity index (χ1n) is 16.1.